The first-order valence-electron chi connectivity index (χ1n) is 7.17. The van der Waals surface area contributed by atoms with E-state index in [4.69, 9.17) is 11.6 Å². The Bertz CT molecular complexity index is 711. The third-order valence-corrected chi connectivity index (χ3v) is 3.32. The number of rotatable bonds is 5. The van der Waals surface area contributed by atoms with Gasteiger partial charge in [-0.3, -0.25) is 4.79 Å². The van der Waals surface area contributed by atoms with Crippen molar-refractivity contribution in [1.29, 1.82) is 0 Å². The maximum Gasteiger partial charge on any atom is 0.244 e. The molecule has 5 nitrogen and oxygen atoms in total. The standard InChI is InChI=1S/C17H19ClN4O/c1-12-10-16(22(2)3)21-15(20-12)11-19-17(23)9-6-13-4-7-14(18)8-5-13/h4-10H,11H2,1-3H3,(H,19,23)/b9-6+. The highest BCUT2D eigenvalue weighted by Crippen LogP contribution is 2.11. The first kappa shape index (κ1) is 17.0. The quantitative estimate of drug-likeness (QED) is 0.856. The molecule has 0 radical (unpaired) electrons. The monoisotopic (exact) mass is 330 g/mol. The van der Waals surface area contributed by atoms with Gasteiger partial charge in [0.2, 0.25) is 5.91 Å². The molecular weight excluding hydrogens is 312 g/mol. The summed E-state index contributed by atoms with van der Waals surface area (Å²) >= 11 is 5.82. The number of hydrogen-bond donors (Lipinski definition) is 1. The van der Waals surface area contributed by atoms with Crippen LogP contribution < -0.4 is 10.2 Å². The summed E-state index contributed by atoms with van der Waals surface area (Å²) in [7, 11) is 3.83. The number of hydrogen-bond acceptors (Lipinski definition) is 4. The molecule has 0 atom stereocenters. The Hall–Kier alpha value is -2.40. The van der Waals surface area contributed by atoms with Gasteiger partial charge >= 0.3 is 0 Å². The second kappa shape index (κ2) is 7.74. The lowest BCUT2D eigenvalue weighted by Crippen LogP contribution is -2.22. The average molecular weight is 331 g/mol. The second-order valence-corrected chi connectivity index (χ2v) is 5.72. The molecule has 2 aromatic rings. The number of nitrogens with one attached hydrogen (secondary N) is 1. The van der Waals surface area contributed by atoms with Crippen LogP contribution in [-0.2, 0) is 11.3 Å². The molecule has 120 valence electrons. The molecule has 0 aliphatic heterocycles. The molecule has 0 bridgehead atoms. The lowest BCUT2D eigenvalue weighted by Gasteiger charge is -2.13. The summed E-state index contributed by atoms with van der Waals surface area (Å²) in [5.41, 5.74) is 1.77. The predicted molar refractivity (Wildman–Crippen MR) is 93.4 cm³/mol. The Morgan fingerprint density at radius 2 is 1.96 bits per heavy atom. The van der Waals surface area contributed by atoms with Crippen LogP contribution in [0.5, 0.6) is 0 Å². The van der Waals surface area contributed by atoms with Crippen LogP contribution in [0.3, 0.4) is 0 Å². The molecule has 0 saturated heterocycles. The van der Waals surface area contributed by atoms with Crippen molar-refractivity contribution in [1.82, 2.24) is 15.3 Å². The van der Waals surface area contributed by atoms with E-state index in [2.05, 4.69) is 15.3 Å². The van der Waals surface area contributed by atoms with E-state index in [-0.39, 0.29) is 12.5 Å². The summed E-state index contributed by atoms with van der Waals surface area (Å²) in [4.78, 5) is 22.5. The molecule has 0 aliphatic rings. The molecule has 1 aromatic carbocycles. The Morgan fingerprint density at radius 3 is 2.61 bits per heavy atom. The molecule has 23 heavy (non-hydrogen) atoms. The summed E-state index contributed by atoms with van der Waals surface area (Å²) < 4.78 is 0. The minimum atomic E-state index is -0.198. The SMILES string of the molecule is Cc1cc(N(C)C)nc(CNC(=O)/C=C/c2ccc(Cl)cc2)n1. The van der Waals surface area contributed by atoms with E-state index in [1.165, 1.54) is 6.08 Å². The Morgan fingerprint density at radius 1 is 1.26 bits per heavy atom. The summed E-state index contributed by atoms with van der Waals surface area (Å²) in [6.07, 6.45) is 3.21. The number of aryl methyl sites for hydroxylation is 1. The molecule has 1 amide bonds. The van der Waals surface area contributed by atoms with Crippen molar-refractivity contribution >= 4 is 29.4 Å². The lowest BCUT2D eigenvalue weighted by molar-refractivity contribution is -0.116. The molecule has 6 heteroatoms. The lowest BCUT2D eigenvalue weighted by atomic mass is 10.2. The van der Waals surface area contributed by atoms with E-state index in [0.717, 1.165) is 17.1 Å². The van der Waals surface area contributed by atoms with Crippen molar-refractivity contribution in [2.45, 2.75) is 13.5 Å². The van der Waals surface area contributed by atoms with Crippen LogP contribution >= 0.6 is 11.6 Å². The Labute approximate surface area is 141 Å². The van der Waals surface area contributed by atoms with E-state index < -0.39 is 0 Å². The van der Waals surface area contributed by atoms with Crippen LogP contribution in [0.15, 0.2) is 36.4 Å². The molecular formula is C17H19ClN4O. The van der Waals surface area contributed by atoms with Crippen LogP contribution in [0.4, 0.5) is 5.82 Å². The number of benzene rings is 1. The highest BCUT2D eigenvalue weighted by atomic mass is 35.5. The molecule has 2 rings (SSSR count). The van der Waals surface area contributed by atoms with Gasteiger partial charge in [-0.15, -0.1) is 0 Å². The molecule has 1 aromatic heterocycles. The number of amides is 1. The van der Waals surface area contributed by atoms with Gasteiger partial charge in [-0.25, -0.2) is 9.97 Å². The van der Waals surface area contributed by atoms with Crippen molar-refractivity contribution in [3.8, 4) is 0 Å². The maximum atomic E-state index is 11.9. The highest BCUT2D eigenvalue weighted by molar-refractivity contribution is 6.30. The van der Waals surface area contributed by atoms with Crippen LogP contribution in [-0.4, -0.2) is 30.0 Å². The Kier molecular flexibility index (Phi) is 5.71. The predicted octanol–water partition coefficient (Wildman–Crippen LogP) is 2.83. The molecule has 0 spiro atoms. The van der Waals surface area contributed by atoms with Crippen LogP contribution in [0, 0.1) is 6.92 Å². The minimum Gasteiger partial charge on any atom is -0.363 e. The van der Waals surface area contributed by atoms with Gasteiger partial charge in [0.1, 0.15) is 11.6 Å². The van der Waals surface area contributed by atoms with Crippen LogP contribution in [0.25, 0.3) is 6.08 Å². The molecule has 0 fully saturated rings. The largest absolute Gasteiger partial charge is 0.363 e. The number of halogens is 1. The highest BCUT2D eigenvalue weighted by Gasteiger charge is 2.05. The fourth-order valence-electron chi connectivity index (χ4n) is 1.89. The molecule has 1 N–H and O–H groups in total. The smallest absolute Gasteiger partial charge is 0.244 e. The summed E-state index contributed by atoms with van der Waals surface area (Å²) in [5.74, 6) is 1.21. The van der Waals surface area contributed by atoms with Gasteiger partial charge in [-0.05, 0) is 30.7 Å². The summed E-state index contributed by atoms with van der Waals surface area (Å²) in [6.45, 7) is 2.19. The van der Waals surface area contributed by atoms with Gasteiger partial charge < -0.3 is 10.2 Å². The second-order valence-electron chi connectivity index (χ2n) is 5.28. The van der Waals surface area contributed by atoms with Gasteiger partial charge in [-0.1, -0.05) is 23.7 Å². The van der Waals surface area contributed by atoms with E-state index in [0.29, 0.717) is 10.8 Å². The van der Waals surface area contributed by atoms with Gasteiger partial charge in [0.05, 0.1) is 6.54 Å². The number of carbonyl (C=O) groups is 1. The van der Waals surface area contributed by atoms with Crippen molar-refractivity contribution < 1.29 is 4.79 Å². The van der Waals surface area contributed by atoms with E-state index in [1.54, 1.807) is 18.2 Å². The van der Waals surface area contributed by atoms with Crippen LogP contribution in [0.2, 0.25) is 5.02 Å². The van der Waals surface area contributed by atoms with Gasteiger partial charge in [-0.2, -0.15) is 0 Å². The molecule has 0 aliphatic carbocycles. The fourth-order valence-corrected chi connectivity index (χ4v) is 2.02. The zero-order chi connectivity index (χ0) is 16.8. The number of carbonyl (C=O) groups excluding carboxylic acids is 1. The molecule has 0 unspecified atom stereocenters. The number of anilines is 1. The average Bonchev–Trinajstić information content (AvgIpc) is 2.52. The van der Waals surface area contributed by atoms with E-state index >= 15 is 0 Å². The van der Waals surface area contributed by atoms with Gasteiger partial charge in [0.25, 0.3) is 0 Å². The van der Waals surface area contributed by atoms with E-state index in [1.807, 2.05) is 44.1 Å². The number of nitrogens with zero attached hydrogens (tertiary/aromatic N) is 3. The summed E-state index contributed by atoms with van der Waals surface area (Å²) in [5, 5.41) is 3.45. The first-order chi connectivity index (χ1) is 10.9. The summed E-state index contributed by atoms with van der Waals surface area (Å²) in [6, 6.07) is 9.15. The normalized spacial score (nSPS) is 10.8. The third kappa shape index (κ3) is 5.38. The van der Waals surface area contributed by atoms with Gasteiger partial charge in [0.15, 0.2) is 0 Å². The maximum absolute atomic E-state index is 11.9. The number of aromatic nitrogens is 2. The van der Waals surface area contributed by atoms with E-state index in [9.17, 15) is 4.79 Å². The zero-order valence-electron chi connectivity index (χ0n) is 13.4. The Balaban J connectivity index is 1.95. The van der Waals surface area contributed by atoms with Gasteiger partial charge in [0, 0.05) is 37.0 Å². The van der Waals surface area contributed by atoms with Crippen molar-refractivity contribution in [3.63, 3.8) is 0 Å². The molecule has 0 saturated carbocycles. The van der Waals surface area contributed by atoms with Crippen molar-refractivity contribution in [2.75, 3.05) is 19.0 Å². The minimum absolute atomic E-state index is 0.198. The molecule has 1 heterocycles. The fraction of sp³-hybridized carbons (Fsp3) is 0.235. The van der Waals surface area contributed by atoms with Crippen molar-refractivity contribution in [3.05, 3.63) is 58.5 Å². The van der Waals surface area contributed by atoms with Crippen molar-refractivity contribution in [2.24, 2.45) is 0 Å². The topological polar surface area (TPSA) is 58.1 Å². The third-order valence-electron chi connectivity index (χ3n) is 3.06. The zero-order valence-corrected chi connectivity index (χ0v) is 14.1. The van der Waals surface area contributed by atoms with Crippen LogP contribution in [0.1, 0.15) is 17.1 Å². The first-order valence-corrected chi connectivity index (χ1v) is 7.55.